The lowest BCUT2D eigenvalue weighted by molar-refractivity contribution is -0.109. The van der Waals surface area contributed by atoms with Gasteiger partial charge in [0.2, 0.25) is 6.41 Å². The molecule has 0 bridgehead atoms. The van der Waals surface area contributed by atoms with Gasteiger partial charge in [-0.05, 0) is 43.4 Å². The van der Waals surface area contributed by atoms with E-state index in [9.17, 15) is 9.59 Å². The Labute approximate surface area is 132 Å². The van der Waals surface area contributed by atoms with Gasteiger partial charge < -0.3 is 20.1 Å². The standard InChI is InChI=1S/C17H26N2O3/c1-3-9-19(15(12-21)6-5-10-20)17-8-7-14(4-2)11-16(17)18-13-22/h7-8,11-13,15,20H,3-6,9-10H2,1-2H3,(H,18,22). The van der Waals surface area contributed by atoms with Crippen LogP contribution in [0.25, 0.3) is 0 Å². The second-order valence-electron chi connectivity index (χ2n) is 5.23. The van der Waals surface area contributed by atoms with Crippen molar-refractivity contribution in [1.29, 1.82) is 0 Å². The number of carbonyl (C=O) groups is 2. The second kappa shape index (κ2) is 9.95. The molecular weight excluding hydrogens is 280 g/mol. The van der Waals surface area contributed by atoms with Gasteiger partial charge in [-0.25, -0.2) is 0 Å². The van der Waals surface area contributed by atoms with Gasteiger partial charge >= 0.3 is 0 Å². The third-order valence-corrected chi connectivity index (χ3v) is 3.67. The van der Waals surface area contributed by atoms with Gasteiger partial charge in [-0.15, -0.1) is 0 Å². The van der Waals surface area contributed by atoms with E-state index in [1.807, 2.05) is 30.0 Å². The van der Waals surface area contributed by atoms with Crippen LogP contribution in [0.2, 0.25) is 0 Å². The molecule has 1 amide bonds. The van der Waals surface area contributed by atoms with Crippen LogP contribution in [0.4, 0.5) is 11.4 Å². The van der Waals surface area contributed by atoms with Gasteiger partial charge in [0, 0.05) is 13.2 Å². The molecule has 0 radical (unpaired) electrons. The fourth-order valence-electron chi connectivity index (χ4n) is 2.54. The molecule has 2 N–H and O–H groups in total. The molecule has 22 heavy (non-hydrogen) atoms. The van der Waals surface area contributed by atoms with Crippen molar-refractivity contribution in [2.75, 3.05) is 23.4 Å². The molecule has 122 valence electrons. The predicted octanol–water partition coefficient (Wildman–Crippen LogP) is 2.37. The van der Waals surface area contributed by atoms with Crippen molar-refractivity contribution in [3.05, 3.63) is 23.8 Å². The Bertz CT molecular complexity index is 477. The highest BCUT2D eigenvalue weighted by Crippen LogP contribution is 2.29. The van der Waals surface area contributed by atoms with E-state index in [1.54, 1.807) is 0 Å². The minimum Gasteiger partial charge on any atom is -0.396 e. The first-order valence-corrected chi connectivity index (χ1v) is 7.87. The minimum atomic E-state index is -0.299. The summed E-state index contributed by atoms with van der Waals surface area (Å²) in [7, 11) is 0. The molecular formula is C17H26N2O3. The number of hydrogen-bond acceptors (Lipinski definition) is 4. The van der Waals surface area contributed by atoms with Crippen molar-refractivity contribution in [3.63, 3.8) is 0 Å². The SMILES string of the molecule is CCCN(c1ccc(CC)cc1NC=O)C(C=O)CCCO. The van der Waals surface area contributed by atoms with E-state index in [4.69, 9.17) is 5.11 Å². The molecule has 1 rings (SSSR count). The summed E-state index contributed by atoms with van der Waals surface area (Å²) in [5.41, 5.74) is 2.70. The van der Waals surface area contributed by atoms with Crippen molar-refractivity contribution in [3.8, 4) is 0 Å². The normalized spacial score (nSPS) is 11.8. The van der Waals surface area contributed by atoms with E-state index in [0.29, 0.717) is 25.8 Å². The summed E-state index contributed by atoms with van der Waals surface area (Å²) in [5.74, 6) is 0. The van der Waals surface area contributed by atoms with Crippen molar-refractivity contribution in [1.82, 2.24) is 0 Å². The van der Waals surface area contributed by atoms with Gasteiger partial charge in [0.05, 0.1) is 17.4 Å². The van der Waals surface area contributed by atoms with Gasteiger partial charge in [-0.3, -0.25) is 4.79 Å². The maximum Gasteiger partial charge on any atom is 0.211 e. The topological polar surface area (TPSA) is 69.6 Å². The number of nitrogens with one attached hydrogen (secondary N) is 1. The number of rotatable bonds is 11. The molecule has 0 aliphatic heterocycles. The quantitative estimate of drug-likeness (QED) is 0.616. The summed E-state index contributed by atoms with van der Waals surface area (Å²) in [6.45, 7) is 4.89. The van der Waals surface area contributed by atoms with Gasteiger partial charge in [-0.1, -0.05) is 19.9 Å². The summed E-state index contributed by atoms with van der Waals surface area (Å²) >= 11 is 0. The number of amides is 1. The summed E-state index contributed by atoms with van der Waals surface area (Å²) in [4.78, 5) is 24.4. The van der Waals surface area contributed by atoms with Crippen molar-refractivity contribution in [2.45, 2.75) is 45.6 Å². The molecule has 1 unspecified atom stereocenters. The van der Waals surface area contributed by atoms with Crippen molar-refractivity contribution >= 4 is 24.1 Å². The molecule has 0 fully saturated rings. The van der Waals surface area contributed by atoms with Gasteiger partial charge in [0.25, 0.3) is 0 Å². The number of nitrogens with zero attached hydrogens (tertiary/aromatic N) is 1. The molecule has 1 atom stereocenters. The van der Waals surface area contributed by atoms with E-state index in [1.165, 1.54) is 0 Å². The number of benzene rings is 1. The lowest BCUT2D eigenvalue weighted by atomic mass is 10.1. The Hall–Kier alpha value is -1.88. The molecule has 0 spiro atoms. The molecule has 0 aromatic heterocycles. The molecule has 0 aliphatic rings. The lowest BCUT2D eigenvalue weighted by Crippen LogP contribution is -2.38. The van der Waals surface area contributed by atoms with E-state index >= 15 is 0 Å². The van der Waals surface area contributed by atoms with Gasteiger partial charge in [0.1, 0.15) is 6.29 Å². The Morgan fingerprint density at radius 2 is 2.09 bits per heavy atom. The third kappa shape index (κ3) is 4.84. The number of aliphatic hydroxyl groups is 1. The number of aldehydes is 1. The first kappa shape index (κ1) is 18.2. The lowest BCUT2D eigenvalue weighted by Gasteiger charge is -2.32. The van der Waals surface area contributed by atoms with Gasteiger partial charge in [-0.2, -0.15) is 0 Å². The number of aryl methyl sites for hydroxylation is 1. The molecule has 0 aliphatic carbocycles. The van der Waals surface area contributed by atoms with Crippen LogP contribution in [-0.2, 0) is 16.0 Å². The molecule has 0 heterocycles. The maximum atomic E-state index is 11.5. The second-order valence-corrected chi connectivity index (χ2v) is 5.23. The van der Waals surface area contributed by atoms with Crippen LogP contribution in [0.3, 0.4) is 0 Å². The average molecular weight is 306 g/mol. The Morgan fingerprint density at radius 1 is 1.32 bits per heavy atom. The van der Waals surface area contributed by atoms with Crippen molar-refractivity contribution in [2.24, 2.45) is 0 Å². The molecule has 5 nitrogen and oxygen atoms in total. The molecule has 1 aromatic carbocycles. The zero-order valence-corrected chi connectivity index (χ0v) is 13.4. The monoisotopic (exact) mass is 306 g/mol. The first-order chi connectivity index (χ1) is 10.7. The largest absolute Gasteiger partial charge is 0.396 e. The van der Waals surface area contributed by atoms with E-state index in [-0.39, 0.29) is 12.6 Å². The fraction of sp³-hybridized carbons (Fsp3) is 0.529. The summed E-state index contributed by atoms with van der Waals surface area (Å²) in [6, 6.07) is 5.62. The number of anilines is 2. The Kier molecular flexibility index (Phi) is 8.22. The summed E-state index contributed by atoms with van der Waals surface area (Å²) in [6.07, 6.45) is 4.52. The third-order valence-electron chi connectivity index (χ3n) is 3.67. The molecule has 0 saturated heterocycles. The highest BCUT2D eigenvalue weighted by Gasteiger charge is 2.20. The minimum absolute atomic E-state index is 0.0680. The number of hydrogen-bond donors (Lipinski definition) is 2. The Balaban J connectivity index is 3.17. The van der Waals surface area contributed by atoms with Gasteiger partial charge in [0.15, 0.2) is 0 Å². The Morgan fingerprint density at radius 3 is 2.64 bits per heavy atom. The predicted molar refractivity (Wildman–Crippen MR) is 89.3 cm³/mol. The highest BCUT2D eigenvalue weighted by molar-refractivity contribution is 5.83. The van der Waals surface area contributed by atoms with Crippen LogP contribution in [0.15, 0.2) is 18.2 Å². The van der Waals surface area contributed by atoms with Crippen LogP contribution >= 0.6 is 0 Å². The van der Waals surface area contributed by atoms with Crippen LogP contribution in [-0.4, -0.2) is 37.0 Å². The molecule has 5 heteroatoms. The van der Waals surface area contributed by atoms with E-state index in [2.05, 4.69) is 12.2 Å². The summed E-state index contributed by atoms with van der Waals surface area (Å²) in [5, 5.41) is 11.7. The number of carbonyl (C=O) groups excluding carboxylic acids is 2. The number of aliphatic hydroxyl groups excluding tert-OH is 1. The van der Waals surface area contributed by atoms with Crippen LogP contribution in [0.5, 0.6) is 0 Å². The zero-order chi connectivity index (χ0) is 16.4. The van der Waals surface area contributed by atoms with Crippen LogP contribution in [0, 0.1) is 0 Å². The van der Waals surface area contributed by atoms with Crippen LogP contribution < -0.4 is 10.2 Å². The average Bonchev–Trinajstić information content (AvgIpc) is 2.55. The smallest absolute Gasteiger partial charge is 0.211 e. The van der Waals surface area contributed by atoms with Crippen molar-refractivity contribution < 1.29 is 14.7 Å². The molecule has 1 aromatic rings. The highest BCUT2D eigenvalue weighted by atomic mass is 16.3. The fourth-order valence-corrected chi connectivity index (χ4v) is 2.54. The maximum absolute atomic E-state index is 11.5. The molecule has 0 saturated carbocycles. The van der Waals surface area contributed by atoms with Crippen LogP contribution in [0.1, 0.15) is 38.7 Å². The zero-order valence-electron chi connectivity index (χ0n) is 13.4. The summed E-state index contributed by atoms with van der Waals surface area (Å²) < 4.78 is 0. The first-order valence-electron chi connectivity index (χ1n) is 7.87. The van der Waals surface area contributed by atoms with E-state index in [0.717, 1.165) is 36.1 Å². The van der Waals surface area contributed by atoms with E-state index < -0.39 is 0 Å².